The topological polar surface area (TPSA) is 3.24 Å². The van der Waals surface area contributed by atoms with Gasteiger partial charge in [-0.25, -0.2) is 0 Å². The standard InChI is InChI=1S/C7H15N.C2H6/c1-7(2)5-6-8(3)4;1-2/h5H,6H2,1-4H3;1-2H3. The molecule has 10 heavy (non-hydrogen) atoms. The van der Waals surface area contributed by atoms with Crippen LogP contribution in [0, 0.1) is 0 Å². The van der Waals surface area contributed by atoms with Crippen molar-refractivity contribution < 1.29 is 0 Å². The SMILES string of the molecule is CC.CC(C)=CCN(C)C. The first-order chi connectivity index (χ1) is 4.63. The largest absolute Gasteiger partial charge is 0.306 e. The zero-order valence-corrected chi connectivity index (χ0v) is 8.23. The van der Waals surface area contributed by atoms with E-state index in [1.807, 2.05) is 13.8 Å². The van der Waals surface area contributed by atoms with E-state index in [1.54, 1.807) is 0 Å². The van der Waals surface area contributed by atoms with Crippen molar-refractivity contribution in [3.8, 4) is 0 Å². The fourth-order valence-corrected chi connectivity index (χ4v) is 0.365. The molecular weight excluding hydrogens is 122 g/mol. The third-order valence-corrected chi connectivity index (χ3v) is 0.865. The highest BCUT2D eigenvalue weighted by Gasteiger charge is 1.81. The van der Waals surface area contributed by atoms with E-state index in [2.05, 4.69) is 38.9 Å². The molecule has 0 aromatic heterocycles. The van der Waals surface area contributed by atoms with E-state index in [1.165, 1.54) is 5.57 Å². The molecule has 0 heterocycles. The maximum Gasteiger partial charge on any atom is 0.0159 e. The number of hydrogen-bond donors (Lipinski definition) is 0. The van der Waals surface area contributed by atoms with Crippen molar-refractivity contribution in [2.45, 2.75) is 27.7 Å². The zero-order valence-electron chi connectivity index (χ0n) is 8.23. The van der Waals surface area contributed by atoms with Crippen molar-refractivity contribution in [3.63, 3.8) is 0 Å². The smallest absolute Gasteiger partial charge is 0.0159 e. The van der Waals surface area contributed by atoms with Gasteiger partial charge in [0.25, 0.3) is 0 Å². The van der Waals surface area contributed by atoms with Crippen LogP contribution < -0.4 is 0 Å². The summed E-state index contributed by atoms with van der Waals surface area (Å²) in [7, 11) is 4.14. The second-order valence-corrected chi connectivity index (χ2v) is 2.54. The first kappa shape index (κ1) is 12.4. The molecule has 0 radical (unpaired) electrons. The number of rotatable bonds is 2. The van der Waals surface area contributed by atoms with Gasteiger partial charge in [0.1, 0.15) is 0 Å². The van der Waals surface area contributed by atoms with Gasteiger partial charge in [-0.05, 0) is 27.9 Å². The molecule has 0 aromatic carbocycles. The normalized spacial score (nSPS) is 8.30. The molecule has 0 aliphatic carbocycles. The molecule has 0 aromatic rings. The van der Waals surface area contributed by atoms with Crippen LogP contribution in [0.1, 0.15) is 27.7 Å². The van der Waals surface area contributed by atoms with Crippen molar-refractivity contribution in [1.82, 2.24) is 4.90 Å². The van der Waals surface area contributed by atoms with Gasteiger partial charge >= 0.3 is 0 Å². The van der Waals surface area contributed by atoms with Crippen LogP contribution >= 0.6 is 0 Å². The Balaban J connectivity index is 0. The summed E-state index contributed by atoms with van der Waals surface area (Å²) in [5.74, 6) is 0. The Kier molecular flexibility index (Phi) is 10.8. The van der Waals surface area contributed by atoms with E-state index in [4.69, 9.17) is 0 Å². The van der Waals surface area contributed by atoms with E-state index >= 15 is 0 Å². The van der Waals surface area contributed by atoms with Crippen LogP contribution in [0.2, 0.25) is 0 Å². The second-order valence-electron chi connectivity index (χ2n) is 2.54. The van der Waals surface area contributed by atoms with E-state index in [9.17, 15) is 0 Å². The zero-order chi connectivity index (χ0) is 8.57. The van der Waals surface area contributed by atoms with Gasteiger partial charge < -0.3 is 4.90 Å². The quantitative estimate of drug-likeness (QED) is 0.537. The van der Waals surface area contributed by atoms with Gasteiger partial charge in [0, 0.05) is 6.54 Å². The minimum absolute atomic E-state index is 1.06. The lowest BCUT2D eigenvalue weighted by atomic mass is 10.3. The van der Waals surface area contributed by atoms with Crippen molar-refractivity contribution in [3.05, 3.63) is 11.6 Å². The third kappa shape index (κ3) is 15.6. The van der Waals surface area contributed by atoms with Crippen LogP contribution in [-0.4, -0.2) is 25.5 Å². The summed E-state index contributed by atoms with van der Waals surface area (Å²) >= 11 is 0. The molecular formula is C9H21N. The Labute approximate surface area is 65.7 Å². The van der Waals surface area contributed by atoms with Crippen LogP contribution in [0.25, 0.3) is 0 Å². The average Bonchev–Trinajstić information content (AvgIpc) is 1.89. The van der Waals surface area contributed by atoms with Gasteiger partial charge in [-0.15, -0.1) is 0 Å². The summed E-state index contributed by atoms with van der Waals surface area (Å²) in [6.45, 7) is 9.29. The fourth-order valence-electron chi connectivity index (χ4n) is 0.365. The Morgan fingerprint density at radius 1 is 1.20 bits per heavy atom. The van der Waals surface area contributed by atoms with E-state index < -0.39 is 0 Å². The number of nitrogens with zero attached hydrogens (tertiary/aromatic N) is 1. The Morgan fingerprint density at radius 3 is 1.70 bits per heavy atom. The highest BCUT2D eigenvalue weighted by atomic mass is 15.0. The molecule has 0 fully saturated rings. The lowest BCUT2D eigenvalue weighted by molar-refractivity contribution is 0.455. The predicted octanol–water partition coefficient (Wildman–Crippen LogP) is 2.54. The molecule has 0 atom stereocenters. The van der Waals surface area contributed by atoms with Crippen LogP contribution in [0.15, 0.2) is 11.6 Å². The molecule has 0 aliphatic rings. The van der Waals surface area contributed by atoms with Crippen LogP contribution in [0.5, 0.6) is 0 Å². The van der Waals surface area contributed by atoms with Crippen LogP contribution in [0.4, 0.5) is 0 Å². The van der Waals surface area contributed by atoms with Crippen LogP contribution in [0.3, 0.4) is 0 Å². The first-order valence-electron chi connectivity index (χ1n) is 3.91. The number of likely N-dealkylation sites (N-methyl/N-ethyl adjacent to an activating group) is 1. The molecule has 0 amide bonds. The molecule has 0 spiro atoms. The van der Waals surface area contributed by atoms with Gasteiger partial charge in [0.15, 0.2) is 0 Å². The summed E-state index contributed by atoms with van der Waals surface area (Å²) in [5, 5.41) is 0. The lowest BCUT2D eigenvalue weighted by Crippen LogP contribution is -2.10. The van der Waals surface area contributed by atoms with Gasteiger partial charge in [-0.1, -0.05) is 25.5 Å². The molecule has 62 valence electrons. The van der Waals surface area contributed by atoms with Gasteiger partial charge in [0.05, 0.1) is 0 Å². The minimum Gasteiger partial charge on any atom is -0.306 e. The van der Waals surface area contributed by atoms with Crippen molar-refractivity contribution in [2.24, 2.45) is 0 Å². The summed E-state index contributed by atoms with van der Waals surface area (Å²) in [5.41, 5.74) is 1.39. The average molecular weight is 143 g/mol. The third-order valence-electron chi connectivity index (χ3n) is 0.865. The summed E-state index contributed by atoms with van der Waals surface area (Å²) in [4.78, 5) is 2.15. The fraction of sp³-hybridized carbons (Fsp3) is 0.778. The highest BCUT2D eigenvalue weighted by molar-refractivity contribution is 4.94. The van der Waals surface area contributed by atoms with Gasteiger partial charge in [0.2, 0.25) is 0 Å². The molecule has 0 N–H and O–H groups in total. The number of hydrogen-bond acceptors (Lipinski definition) is 1. The maximum atomic E-state index is 2.21. The summed E-state index contributed by atoms with van der Waals surface area (Å²) in [6, 6.07) is 0. The number of allylic oxidation sites excluding steroid dienone is 1. The van der Waals surface area contributed by atoms with Crippen LogP contribution in [-0.2, 0) is 0 Å². The Hall–Kier alpha value is -0.300. The van der Waals surface area contributed by atoms with Crippen molar-refractivity contribution in [2.75, 3.05) is 20.6 Å². The molecule has 0 rings (SSSR count). The Bertz CT molecular complexity index is 78.7. The molecule has 0 aliphatic heterocycles. The van der Waals surface area contributed by atoms with Crippen molar-refractivity contribution in [1.29, 1.82) is 0 Å². The first-order valence-corrected chi connectivity index (χ1v) is 3.91. The second kappa shape index (κ2) is 8.70. The molecule has 0 unspecified atom stereocenters. The molecule has 1 heteroatoms. The molecule has 0 saturated heterocycles. The monoisotopic (exact) mass is 143 g/mol. The summed E-state index contributed by atoms with van der Waals surface area (Å²) in [6.07, 6.45) is 2.21. The Morgan fingerprint density at radius 2 is 1.60 bits per heavy atom. The maximum absolute atomic E-state index is 2.21. The lowest BCUT2D eigenvalue weighted by Gasteiger charge is -2.03. The predicted molar refractivity (Wildman–Crippen MR) is 49.3 cm³/mol. The van der Waals surface area contributed by atoms with E-state index in [0.29, 0.717) is 0 Å². The summed E-state index contributed by atoms with van der Waals surface area (Å²) < 4.78 is 0. The van der Waals surface area contributed by atoms with E-state index in [-0.39, 0.29) is 0 Å². The van der Waals surface area contributed by atoms with Crippen molar-refractivity contribution >= 4 is 0 Å². The minimum atomic E-state index is 1.06. The van der Waals surface area contributed by atoms with Gasteiger partial charge in [-0.3, -0.25) is 0 Å². The molecule has 1 nitrogen and oxygen atoms in total. The molecule has 0 saturated carbocycles. The molecule has 0 bridgehead atoms. The van der Waals surface area contributed by atoms with E-state index in [0.717, 1.165) is 6.54 Å². The highest BCUT2D eigenvalue weighted by Crippen LogP contribution is 1.87. The van der Waals surface area contributed by atoms with Gasteiger partial charge in [-0.2, -0.15) is 0 Å².